The van der Waals surface area contributed by atoms with E-state index in [0.717, 1.165) is 34.0 Å². The van der Waals surface area contributed by atoms with Crippen molar-refractivity contribution in [2.45, 2.75) is 13.3 Å². The lowest BCUT2D eigenvalue weighted by atomic mass is 9.99. The normalized spacial score (nSPS) is 10.8. The molecule has 0 aliphatic rings. The minimum atomic E-state index is 0.554. The average Bonchev–Trinajstić information content (AvgIpc) is 2.46. The van der Waals surface area contributed by atoms with Crippen LogP contribution in [0.2, 0.25) is 0 Å². The second-order valence-corrected chi connectivity index (χ2v) is 4.34. The van der Waals surface area contributed by atoms with Crippen LogP contribution < -0.4 is 5.73 Å². The highest BCUT2D eigenvalue weighted by Crippen LogP contribution is 2.30. The maximum atomic E-state index is 5.95. The molecule has 3 aromatic rings. The number of hydrogen-bond donors (Lipinski definition) is 1. The first-order valence-corrected chi connectivity index (χ1v) is 6.23. The Kier molecular flexibility index (Phi) is 2.83. The molecule has 0 fully saturated rings. The maximum absolute atomic E-state index is 5.95. The van der Waals surface area contributed by atoms with Gasteiger partial charge in [0, 0.05) is 28.9 Å². The van der Waals surface area contributed by atoms with Gasteiger partial charge in [0.15, 0.2) is 0 Å². The van der Waals surface area contributed by atoms with Crippen LogP contribution in [0.3, 0.4) is 0 Å². The summed E-state index contributed by atoms with van der Waals surface area (Å²) in [7, 11) is 0. The zero-order valence-corrected chi connectivity index (χ0v) is 10.7. The van der Waals surface area contributed by atoms with E-state index in [0.29, 0.717) is 5.82 Å². The van der Waals surface area contributed by atoms with E-state index >= 15 is 0 Å². The summed E-state index contributed by atoms with van der Waals surface area (Å²) in [4.78, 5) is 12.6. The van der Waals surface area contributed by atoms with Crippen molar-refractivity contribution in [2.75, 3.05) is 5.73 Å². The molecule has 0 aliphatic carbocycles. The third kappa shape index (κ3) is 1.91. The van der Waals surface area contributed by atoms with Crippen LogP contribution in [0.25, 0.3) is 22.0 Å². The first-order chi connectivity index (χ1) is 9.31. The fraction of sp³-hybridized carbons (Fsp3) is 0.133. The van der Waals surface area contributed by atoms with Crippen LogP contribution in [0.4, 0.5) is 5.82 Å². The molecule has 2 N–H and O–H groups in total. The highest BCUT2D eigenvalue weighted by molar-refractivity contribution is 5.96. The van der Waals surface area contributed by atoms with Gasteiger partial charge in [-0.2, -0.15) is 0 Å². The molecule has 4 heteroatoms. The second-order valence-electron chi connectivity index (χ2n) is 4.34. The number of rotatable bonds is 2. The van der Waals surface area contributed by atoms with Gasteiger partial charge in [-0.05, 0) is 17.9 Å². The van der Waals surface area contributed by atoms with Gasteiger partial charge in [-0.15, -0.1) is 0 Å². The van der Waals surface area contributed by atoms with Crippen LogP contribution in [0.1, 0.15) is 12.5 Å². The van der Waals surface area contributed by atoms with Crippen LogP contribution in [0.5, 0.6) is 0 Å². The van der Waals surface area contributed by atoms with Gasteiger partial charge in [-0.3, -0.25) is 4.98 Å². The first kappa shape index (κ1) is 11.6. The molecule has 0 aliphatic heterocycles. The van der Waals surface area contributed by atoms with Gasteiger partial charge in [-0.25, -0.2) is 9.97 Å². The SMILES string of the molecule is CCc1c(N)ncnc1-c1cccc2cnccc12. The molecule has 0 amide bonds. The minimum Gasteiger partial charge on any atom is -0.383 e. The predicted molar refractivity (Wildman–Crippen MR) is 76.6 cm³/mol. The number of nitrogens with two attached hydrogens (primary N) is 1. The lowest BCUT2D eigenvalue weighted by Crippen LogP contribution is -2.01. The predicted octanol–water partition coefficient (Wildman–Crippen LogP) is 2.84. The molecule has 0 bridgehead atoms. The molecule has 3 rings (SSSR count). The van der Waals surface area contributed by atoms with E-state index in [4.69, 9.17) is 5.73 Å². The number of nitrogens with zero attached hydrogens (tertiary/aromatic N) is 3. The van der Waals surface area contributed by atoms with Crippen LogP contribution >= 0.6 is 0 Å². The van der Waals surface area contributed by atoms with Gasteiger partial charge in [0.25, 0.3) is 0 Å². The van der Waals surface area contributed by atoms with E-state index < -0.39 is 0 Å². The third-order valence-electron chi connectivity index (χ3n) is 3.27. The second kappa shape index (κ2) is 4.65. The maximum Gasteiger partial charge on any atom is 0.130 e. The molecule has 0 atom stereocenters. The summed E-state index contributed by atoms with van der Waals surface area (Å²) in [6.07, 6.45) is 5.98. The van der Waals surface area contributed by atoms with Crippen molar-refractivity contribution in [3.8, 4) is 11.3 Å². The largest absolute Gasteiger partial charge is 0.383 e. The molecule has 0 radical (unpaired) electrons. The van der Waals surface area contributed by atoms with Crippen molar-refractivity contribution in [3.05, 3.63) is 48.5 Å². The Morgan fingerprint density at radius 3 is 2.89 bits per heavy atom. The molecule has 0 unspecified atom stereocenters. The summed E-state index contributed by atoms with van der Waals surface area (Å²) in [5.41, 5.74) is 8.93. The molecule has 94 valence electrons. The molecule has 2 aromatic heterocycles. The first-order valence-electron chi connectivity index (χ1n) is 6.23. The zero-order valence-electron chi connectivity index (χ0n) is 10.7. The Hall–Kier alpha value is -2.49. The fourth-order valence-corrected chi connectivity index (χ4v) is 2.34. The molecule has 0 saturated carbocycles. The smallest absolute Gasteiger partial charge is 0.130 e. The highest BCUT2D eigenvalue weighted by atomic mass is 14.9. The van der Waals surface area contributed by atoms with Gasteiger partial charge >= 0.3 is 0 Å². The summed E-state index contributed by atoms with van der Waals surface area (Å²) in [5, 5.41) is 2.23. The van der Waals surface area contributed by atoms with Gasteiger partial charge in [0.2, 0.25) is 0 Å². The molecular weight excluding hydrogens is 236 g/mol. The van der Waals surface area contributed by atoms with E-state index in [9.17, 15) is 0 Å². The lowest BCUT2D eigenvalue weighted by Gasteiger charge is -2.11. The van der Waals surface area contributed by atoms with Crippen LogP contribution in [-0.2, 0) is 6.42 Å². The van der Waals surface area contributed by atoms with Gasteiger partial charge in [-0.1, -0.05) is 25.1 Å². The van der Waals surface area contributed by atoms with E-state index in [1.165, 1.54) is 6.33 Å². The Morgan fingerprint density at radius 1 is 1.16 bits per heavy atom. The van der Waals surface area contributed by atoms with Crippen LogP contribution in [0, 0.1) is 0 Å². The molecule has 0 saturated heterocycles. The van der Waals surface area contributed by atoms with Crippen molar-refractivity contribution in [1.29, 1.82) is 0 Å². The summed E-state index contributed by atoms with van der Waals surface area (Å²) >= 11 is 0. The summed E-state index contributed by atoms with van der Waals surface area (Å²) in [6.45, 7) is 2.06. The third-order valence-corrected chi connectivity index (χ3v) is 3.27. The standard InChI is InChI=1S/C15H14N4/c1-2-11-14(18-9-19-15(11)16)13-5-3-4-10-8-17-7-6-12(10)13/h3-9H,2H2,1H3,(H2,16,18,19). The Labute approximate surface area is 111 Å². The van der Waals surface area contributed by atoms with Crippen molar-refractivity contribution >= 4 is 16.6 Å². The molecular formula is C15H14N4. The quantitative estimate of drug-likeness (QED) is 0.759. The molecule has 19 heavy (non-hydrogen) atoms. The Morgan fingerprint density at radius 2 is 2.05 bits per heavy atom. The Bertz CT molecular complexity index is 732. The van der Waals surface area contributed by atoms with Crippen molar-refractivity contribution in [2.24, 2.45) is 0 Å². The number of hydrogen-bond acceptors (Lipinski definition) is 4. The number of aromatic nitrogens is 3. The van der Waals surface area contributed by atoms with Crippen molar-refractivity contribution < 1.29 is 0 Å². The molecule has 1 aromatic carbocycles. The molecule has 0 spiro atoms. The number of fused-ring (bicyclic) bond motifs is 1. The number of anilines is 1. The number of nitrogen functional groups attached to an aromatic ring is 1. The van der Waals surface area contributed by atoms with E-state index in [1.54, 1.807) is 6.20 Å². The number of benzene rings is 1. The van der Waals surface area contributed by atoms with Crippen molar-refractivity contribution in [3.63, 3.8) is 0 Å². The summed E-state index contributed by atoms with van der Waals surface area (Å²) < 4.78 is 0. The van der Waals surface area contributed by atoms with Crippen molar-refractivity contribution in [1.82, 2.24) is 15.0 Å². The lowest BCUT2D eigenvalue weighted by molar-refractivity contribution is 1.06. The zero-order chi connectivity index (χ0) is 13.2. The number of pyridine rings is 1. The molecule has 2 heterocycles. The van der Waals surface area contributed by atoms with Crippen LogP contribution in [-0.4, -0.2) is 15.0 Å². The van der Waals surface area contributed by atoms with Gasteiger partial charge in [0.1, 0.15) is 12.1 Å². The van der Waals surface area contributed by atoms with E-state index in [1.807, 2.05) is 24.4 Å². The minimum absolute atomic E-state index is 0.554. The highest BCUT2D eigenvalue weighted by Gasteiger charge is 2.11. The average molecular weight is 250 g/mol. The summed E-state index contributed by atoms with van der Waals surface area (Å²) in [5.74, 6) is 0.554. The monoisotopic (exact) mass is 250 g/mol. The van der Waals surface area contributed by atoms with E-state index in [-0.39, 0.29) is 0 Å². The van der Waals surface area contributed by atoms with E-state index in [2.05, 4.69) is 27.9 Å². The topological polar surface area (TPSA) is 64.7 Å². The molecule has 4 nitrogen and oxygen atoms in total. The fourth-order valence-electron chi connectivity index (χ4n) is 2.34. The Balaban J connectivity index is 2.34. The van der Waals surface area contributed by atoms with Gasteiger partial charge in [0.05, 0.1) is 5.69 Å². The van der Waals surface area contributed by atoms with Crippen LogP contribution in [0.15, 0.2) is 43.0 Å². The van der Waals surface area contributed by atoms with Gasteiger partial charge < -0.3 is 5.73 Å². The summed E-state index contributed by atoms with van der Waals surface area (Å²) in [6, 6.07) is 8.12.